The van der Waals surface area contributed by atoms with Gasteiger partial charge in [0.15, 0.2) is 0 Å². The molecule has 1 saturated heterocycles. The molecule has 1 atom stereocenters. The number of amides is 1. The van der Waals surface area contributed by atoms with E-state index in [9.17, 15) is 4.79 Å². The third kappa shape index (κ3) is 4.12. The molecule has 13 heavy (non-hydrogen) atoms. The van der Waals surface area contributed by atoms with E-state index >= 15 is 0 Å². The Balaban J connectivity index is 1.91. The van der Waals surface area contributed by atoms with Gasteiger partial charge in [0.2, 0.25) is 0 Å². The van der Waals surface area contributed by atoms with Crippen LogP contribution in [0.15, 0.2) is 0 Å². The Labute approximate surface area is 79.0 Å². The molecule has 76 valence electrons. The molecule has 0 radical (unpaired) electrons. The minimum absolute atomic E-state index is 0.0223. The van der Waals surface area contributed by atoms with Crippen molar-refractivity contribution in [1.29, 1.82) is 0 Å². The predicted molar refractivity (Wildman–Crippen MR) is 50.7 cm³/mol. The highest BCUT2D eigenvalue weighted by Crippen LogP contribution is 1.98. The van der Waals surface area contributed by atoms with Gasteiger partial charge < -0.3 is 15.4 Å². The Morgan fingerprint density at radius 1 is 1.62 bits per heavy atom. The van der Waals surface area contributed by atoms with Crippen molar-refractivity contribution in [3.05, 3.63) is 0 Å². The van der Waals surface area contributed by atoms with E-state index in [1.54, 1.807) is 0 Å². The van der Waals surface area contributed by atoms with Crippen molar-refractivity contribution in [1.82, 2.24) is 10.6 Å². The average Bonchev–Trinajstić information content (AvgIpc) is 2.51. The summed E-state index contributed by atoms with van der Waals surface area (Å²) in [6.45, 7) is 4.60. The van der Waals surface area contributed by atoms with E-state index in [-0.39, 0.29) is 12.2 Å². The third-order valence-electron chi connectivity index (χ3n) is 2.08. The van der Waals surface area contributed by atoms with Crippen LogP contribution in [0.2, 0.25) is 0 Å². The summed E-state index contributed by atoms with van der Waals surface area (Å²) in [5.74, 6) is 0. The maximum Gasteiger partial charge on any atom is 0.407 e. The van der Waals surface area contributed by atoms with Gasteiger partial charge in [0, 0.05) is 6.54 Å². The molecule has 0 aromatic rings. The van der Waals surface area contributed by atoms with E-state index in [0.29, 0.717) is 6.54 Å². The maximum atomic E-state index is 10.6. The summed E-state index contributed by atoms with van der Waals surface area (Å²) in [4.78, 5) is 10.6. The van der Waals surface area contributed by atoms with Crippen LogP contribution in [0.1, 0.15) is 26.2 Å². The van der Waals surface area contributed by atoms with E-state index in [1.165, 1.54) is 19.3 Å². The second kappa shape index (κ2) is 5.80. The molecule has 0 saturated carbocycles. The smallest absolute Gasteiger partial charge is 0.407 e. The molecule has 4 nitrogen and oxygen atoms in total. The summed E-state index contributed by atoms with van der Waals surface area (Å²) in [5.41, 5.74) is 0. The lowest BCUT2D eigenvalue weighted by Crippen LogP contribution is -2.30. The van der Waals surface area contributed by atoms with Gasteiger partial charge >= 0.3 is 6.09 Å². The first kappa shape index (κ1) is 10.3. The number of hydrogen-bond donors (Lipinski definition) is 2. The minimum atomic E-state index is -0.291. The van der Waals surface area contributed by atoms with Gasteiger partial charge in [-0.3, -0.25) is 0 Å². The number of carbonyl (C=O) groups is 1. The van der Waals surface area contributed by atoms with Crippen molar-refractivity contribution >= 4 is 6.09 Å². The lowest BCUT2D eigenvalue weighted by atomic mass is 10.2. The number of ether oxygens (including phenoxy) is 1. The zero-order chi connectivity index (χ0) is 9.52. The van der Waals surface area contributed by atoms with E-state index in [4.69, 9.17) is 4.74 Å². The number of nitrogens with one attached hydrogen (secondary N) is 2. The molecule has 1 aliphatic heterocycles. The van der Waals surface area contributed by atoms with Crippen LogP contribution in [0.25, 0.3) is 0 Å². The fraction of sp³-hybridized carbons (Fsp3) is 0.889. The molecule has 4 heteroatoms. The molecule has 1 heterocycles. The van der Waals surface area contributed by atoms with Gasteiger partial charge in [-0.25, -0.2) is 4.79 Å². The minimum Gasteiger partial charge on any atom is -0.443 e. The Morgan fingerprint density at radius 2 is 2.46 bits per heavy atom. The zero-order valence-corrected chi connectivity index (χ0v) is 8.14. The molecule has 1 fully saturated rings. The first-order valence-corrected chi connectivity index (χ1v) is 4.98. The largest absolute Gasteiger partial charge is 0.443 e. The monoisotopic (exact) mass is 186 g/mol. The van der Waals surface area contributed by atoms with Gasteiger partial charge in [0.25, 0.3) is 0 Å². The van der Waals surface area contributed by atoms with Gasteiger partial charge in [-0.05, 0) is 13.0 Å². The molecule has 0 spiro atoms. The Morgan fingerprint density at radius 3 is 3.08 bits per heavy atom. The molecule has 1 amide bonds. The molecule has 0 aliphatic carbocycles. The van der Waals surface area contributed by atoms with Gasteiger partial charge in [-0.2, -0.15) is 0 Å². The van der Waals surface area contributed by atoms with E-state index in [2.05, 4.69) is 17.6 Å². The maximum absolute atomic E-state index is 10.6. The third-order valence-corrected chi connectivity index (χ3v) is 2.08. The Hall–Kier alpha value is -0.770. The van der Waals surface area contributed by atoms with Crippen LogP contribution in [0, 0.1) is 0 Å². The average molecular weight is 186 g/mol. The van der Waals surface area contributed by atoms with E-state index in [0.717, 1.165) is 13.1 Å². The number of alkyl carbamates (subject to hydrolysis) is 1. The molecule has 0 aromatic carbocycles. The molecular formula is C9H18N2O2. The SMILES string of the molecule is CCCCCNC[C@H]1CNC(=O)O1. The summed E-state index contributed by atoms with van der Waals surface area (Å²) in [7, 11) is 0. The first-order valence-electron chi connectivity index (χ1n) is 4.98. The highest BCUT2D eigenvalue weighted by Gasteiger charge is 2.21. The standard InChI is InChI=1S/C9H18N2O2/c1-2-3-4-5-10-6-8-7-11-9(12)13-8/h8,10H,2-7H2,1H3,(H,11,12)/t8-/m0/s1. The Bertz CT molecular complexity index is 162. The quantitative estimate of drug-likeness (QED) is 0.605. The van der Waals surface area contributed by atoms with Crippen LogP contribution in [0.4, 0.5) is 4.79 Å². The second-order valence-electron chi connectivity index (χ2n) is 3.32. The molecule has 2 N–H and O–H groups in total. The molecule has 1 rings (SSSR count). The Kier molecular flexibility index (Phi) is 4.60. The van der Waals surface area contributed by atoms with E-state index in [1.807, 2.05) is 0 Å². The fourth-order valence-corrected chi connectivity index (χ4v) is 1.31. The van der Waals surface area contributed by atoms with Crippen LogP contribution in [-0.2, 0) is 4.74 Å². The van der Waals surface area contributed by atoms with Gasteiger partial charge in [0.05, 0.1) is 6.54 Å². The summed E-state index contributed by atoms with van der Waals surface area (Å²) >= 11 is 0. The van der Waals surface area contributed by atoms with Crippen LogP contribution >= 0.6 is 0 Å². The van der Waals surface area contributed by atoms with Crippen molar-refractivity contribution in [3.8, 4) is 0 Å². The van der Waals surface area contributed by atoms with Crippen LogP contribution < -0.4 is 10.6 Å². The molecule has 0 unspecified atom stereocenters. The van der Waals surface area contributed by atoms with Crippen molar-refractivity contribution in [2.75, 3.05) is 19.6 Å². The number of unbranched alkanes of at least 4 members (excludes halogenated alkanes) is 2. The normalized spacial score (nSPS) is 21.3. The van der Waals surface area contributed by atoms with Crippen molar-refractivity contribution in [3.63, 3.8) is 0 Å². The highest BCUT2D eigenvalue weighted by molar-refractivity contribution is 5.69. The predicted octanol–water partition coefficient (Wildman–Crippen LogP) is 0.875. The van der Waals surface area contributed by atoms with Gasteiger partial charge in [0.1, 0.15) is 6.10 Å². The van der Waals surface area contributed by atoms with Gasteiger partial charge in [-0.1, -0.05) is 19.8 Å². The number of rotatable bonds is 6. The first-order chi connectivity index (χ1) is 6.33. The summed E-state index contributed by atoms with van der Waals surface area (Å²) in [5, 5.41) is 5.89. The molecule has 1 aliphatic rings. The number of carbonyl (C=O) groups excluding carboxylic acids is 1. The highest BCUT2D eigenvalue weighted by atomic mass is 16.6. The van der Waals surface area contributed by atoms with Crippen molar-refractivity contribution in [2.24, 2.45) is 0 Å². The van der Waals surface area contributed by atoms with Crippen LogP contribution in [0.5, 0.6) is 0 Å². The topological polar surface area (TPSA) is 50.4 Å². The lowest BCUT2D eigenvalue weighted by molar-refractivity contribution is 0.139. The summed E-state index contributed by atoms with van der Waals surface area (Å²) in [6.07, 6.45) is 3.43. The van der Waals surface area contributed by atoms with E-state index < -0.39 is 0 Å². The van der Waals surface area contributed by atoms with Gasteiger partial charge in [-0.15, -0.1) is 0 Å². The van der Waals surface area contributed by atoms with Crippen LogP contribution in [-0.4, -0.2) is 31.8 Å². The lowest BCUT2D eigenvalue weighted by Gasteiger charge is -2.08. The van der Waals surface area contributed by atoms with Crippen LogP contribution in [0.3, 0.4) is 0 Å². The van der Waals surface area contributed by atoms with Crippen molar-refractivity contribution in [2.45, 2.75) is 32.3 Å². The second-order valence-corrected chi connectivity index (χ2v) is 3.32. The molecular weight excluding hydrogens is 168 g/mol. The zero-order valence-electron chi connectivity index (χ0n) is 8.14. The fourth-order valence-electron chi connectivity index (χ4n) is 1.31. The molecule has 0 aromatic heterocycles. The number of hydrogen-bond acceptors (Lipinski definition) is 3. The molecule has 0 bridgehead atoms. The summed E-state index contributed by atoms with van der Waals surface area (Å²) in [6, 6.07) is 0. The van der Waals surface area contributed by atoms with Crippen molar-refractivity contribution < 1.29 is 9.53 Å². The number of cyclic esters (lactones) is 1. The summed E-state index contributed by atoms with van der Waals surface area (Å²) < 4.78 is 4.96.